The summed E-state index contributed by atoms with van der Waals surface area (Å²) in [6.45, 7) is 9.81. The summed E-state index contributed by atoms with van der Waals surface area (Å²) in [5, 5.41) is 28.9. The summed E-state index contributed by atoms with van der Waals surface area (Å²) in [4.78, 5) is 21.9. The predicted molar refractivity (Wildman–Crippen MR) is 149 cm³/mol. The maximum Gasteiger partial charge on any atom is 0.257 e. The number of anilines is 1. The molecule has 1 aromatic rings. The van der Waals surface area contributed by atoms with E-state index in [4.69, 9.17) is 16.6 Å². The number of phenols is 1. The highest BCUT2D eigenvalue weighted by atomic mass is 16.3. The maximum absolute atomic E-state index is 12.2. The van der Waals surface area contributed by atoms with Crippen LogP contribution in [0.15, 0.2) is 64.6 Å². The van der Waals surface area contributed by atoms with E-state index in [1.165, 1.54) is 11.0 Å². The molecule has 0 heterocycles. The third kappa shape index (κ3) is 11.8. The lowest BCUT2D eigenvalue weighted by Gasteiger charge is -2.15. The number of rotatable bonds is 10. The molecule has 0 aliphatic rings. The van der Waals surface area contributed by atoms with Crippen molar-refractivity contribution in [2.24, 2.45) is 15.7 Å². The Morgan fingerprint density at radius 2 is 1.94 bits per heavy atom. The van der Waals surface area contributed by atoms with E-state index in [2.05, 4.69) is 34.7 Å². The zero-order valence-corrected chi connectivity index (χ0v) is 21.2. The first kappa shape index (κ1) is 32.7. The van der Waals surface area contributed by atoms with Crippen LogP contribution in [-0.2, 0) is 0 Å². The van der Waals surface area contributed by atoms with Crippen LogP contribution in [0.3, 0.4) is 0 Å². The monoisotopic (exact) mass is 479 g/mol. The molecule has 188 valence electrons. The number of nitrogens with two attached hydrogens (primary N) is 1. The Morgan fingerprint density at radius 3 is 2.46 bits per heavy atom. The van der Waals surface area contributed by atoms with Crippen LogP contribution in [0.4, 0.5) is 5.69 Å². The minimum atomic E-state index is -0.341. The van der Waals surface area contributed by atoms with Gasteiger partial charge in [-0.3, -0.25) is 15.2 Å². The van der Waals surface area contributed by atoms with Crippen LogP contribution in [0.1, 0.15) is 31.1 Å². The zero-order chi connectivity index (χ0) is 27.4. The fourth-order valence-corrected chi connectivity index (χ4v) is 2.29. The molecule has 9 heteroatoms. The average molecular weight is 480 g/mol. The summed E-state index contributed by atoms with van der Waals surface area (Å²) in [6, 6.07) is 4.74. The van der Waals surface area contributed by atoms with Crippen molar-refractivity contribution in [1.82, 2.24) is 4.90 Å². The molecule has 0 fully saturated rings. The van der Waals surface area contributed by atoms with E-state index >= 15 is 0 Å². The lowest BCUT2D eigenvalue weighted by atomic mass is 10.1. The van der Waals surface area contributed by atoms with Gasteiger partial charge in [-0.2, -0.15) is 0 Å². The van der Waals surface area contributed by atoms with E-state index in [-0.39, 0.29) is 47.7 Å². The number of carbonyl (C=O) groups excluding carboxylic acids is 1. The Bertz CT molecular complexity index is 1000. The molecule has 0 spiro atoms. The number of terminal acetylenes is 1. The number of hydrogen-bond donors (Lipinski definition) is 5. The zero-order valence-electron chi connectivity index (χ0n) is 21.2. The van der Waals surface area contributed by atoms with E-state index in [1.54, 1.807) is 32.3 Å². The molecule has 1 rings (SSSR count). The van der Waals surface area contributed by atoms with Gasteiger partial charge in [0, 0.05) is 14.1 Å². The number of benzene rings is 1. The summed E-state index contributed by atoms with van der Waals surface area (Å²) >= 11 is 0. The second kappa shape index (κ2) is 19.1. The third-order valence-electron chi connectivity index (χ3n) is 3.96. The standard InChI is InChI=1S/C22H29N7O2.C2H6.C2H2/c1-5-7-9-15(6-2)13-27-21(28-19(25)12-23)17(24)14-26-18-11-8-10-16(20(18)30)22(31)29(3)4;2*1-2/h5-12,23-24,26,30H,2,13-14H2,1,3-4H3,(H2,25,27,28);1-2H3;1-2H/b7-5-,15-9+,23-12?,24-17?;;. The van der Waals surface area contributed by atoms with Crippen LogP contribution in [-0.4, -0.2) is 66.7 Å². The molecule has 0 aromatic heterocycles. The Morgan fingerprint density at radius 1 is 1.31 bits per heavy atom. The van der Waals surface area contributed by atoms with Crippen molar-refractivity contribution in [2.75, 3.05) is 32.5 Å². The number of aromatic hydroxyl groups is 1. The highest BCUT2D eigenvalue weighted by molar-refractivity contribution is 6.45. The molecular weight excluding hydrogens is 442 g/mol. The van der Waals surface area contributed by atoms with Gasteiger partial charge in [-0.15, -0.1) is 12.8 Å². The van der Waals surface area contributed by atoms with Gasteiger partial charge in [-0.1, -0.05) is 50.8 Å². The number of amides is 1. The number of amidine groups is 2. The van der Waals surface area contributed by atoms with Crippen LogP contribution in [0.5, 0.6) is 5.75 Å². The van der Waals surface area contributed by atoms with E-state index in [0.717, 1.165) is 11.8 Å². The van der Waals surface area contributed by atoms with Crippen molar-refractivity contribution in [3.63, 3.8) is 0 Å². The van der Waals surface area contributed by atoms with E-state index < -0.39 is 0 Å². The summed E-state index contributed by atoms with van der Waals surface area (Å²) < 4.78 is 0. The number of para-hydroxylation sites is 1. The Hall–Kier alpha value is -4.45. The molecule has 0 aliphatic heterocycles. The predicted octanol–water partition coefficient (Wildman–Crippen LogP) is 3.90. The highest BCUT2D eigenvalue weighted by Gasteiger charge is 2.16. The average Bonchev–Trinajstić information content (AvgIpc) is 2.88. The van der Waals surface area contributed by atoms with Gasteiger partial charge in [0.25, 0.3) is 5.91 Å². The van der Waals surface area contributed by atoms with Crippen molar-refractivity contribution in [1.29, 1.82) is 10.8 Å². The Kier molecular flexibility index (Phi) is 17.8. The van der Waals surface area contributed by atoms with Crippen LogP contribution >= 0.6 is 0 Å². The molecule has 1 aromatic carbocycles. The molecule has 0 aliphatic carbocycles. The first-order valence-corrected chi connectivity index (χ1v) is 10.8. The van der Waals surface area contributed by atoms with Gasteiger partial charge in [0.05, 0.1) is 36.3 Å². The minimum absolute atomic E-state index is 0.0111. The van der Waals surface area contributed by atoms with Crippen LogP contribution < -0.4 is 11.1 Å². The van der Waals surface area contributed by atoms with Gasteiger partial charge >= 0.3 is 0 Å². The molecular formula is C26H37N7O2. The normalized spacial score (nSPS) is 11.3. The lowest BCUT2D eigenvalue weighted by Crippen LogP contribution is -2.25. The van der Waals surface area contributed by atoms with Gasteiger partial charge in [0.15, 0.2) is 11.6 Å². The van der Waals surface area contributed by atoms with Crippen molar-refractivity contribution >= 4 is 35.2 Å². The molecule has 0 saturated carbocycles. The fraction of sp³-hybridized carbons (Fsp3) is 0.269. The fourth-order valence-electron chi connectivity index (χ4n) is 2.29. The smallest absolute Gasteiger partial charge is 0.257 e. The molecule has 0 saturated heterocycles. The number of hydrogen-bond acceptors (Lipinski definition) is 6. The second-order valence-corrected chi connectivity index (χ2v) is 6.53. The molecule has 0 atom stereocenters. The number of allylic oxidation sites excluding steroid dienone is 3. The van der Waals surface area contributed by atoms with Gasteiger partial charge < -0.3 is 26.5 Å². The minimum Gasteiger partial charge on any atom is -0.505 e. The van der Waals surface area contributed by atoms with Gasteiger partial charge in [0.1, 0.15) is 5.84 Å². The molecule has 1 amide bonds. The largest absolute Gasteiger partial charge is 0.505 e. The van der Waals surface area contributed by atoms with E-state index in [1.807, 2.05) is 39.0 Å². The Balaban J connectivity index is 0. The summed E-state index contributed by atoms with van der Waals surface area (Å²) in [6.07, 6.45) is 16.1. The summed E-state index contributed by atoms with van der Waals surface area (Å²) in [5.41, 5.74) is 6.86. The molecule has 35 heavy (non-hydrogen) atoms. The first-order chi connectivity index (χ1) is 16.7. The molecule has 6 N–H and O–H groups in total. The number of phenolic OH excluding ortho intramolecular Hbond substituents is 1. The second-order valence-electron chi connectivity index (χ2n) is 6.53. The maximum atomic E-state index is 12.2. The van der Waals surface area contributed by atoms with Crippen LogP contribution in [0.2, 0.25) is 0 Å². The SMILES string of the molecule is C#C.C=C/C(=C\C=C/C)CN=C(N=C(N)C=N)C(=N)CNc1cccc(C(=O)N(C)C)c1O.CC. The van der Waals surface area contributed by atoms with Crippen LogP contribution in [0.25, 0.3) is 0 Å². The van der Waals surface area contributed by atoms with Gasteiger partial charge in [-0.25, -0.2) is 4.99 Å². The third-order valence-corrected chi connectivity index (χ3v) is 3.96. The topological polar surface area (TPSA) is 151 Å². The number of aliphatic imine (C=N–C) groups is 2. The lowest BCUT2D eigenvalue weighted by molar-refractivity contribution is 0.0824. The van der Waals surface area contributed by atoms with Crippen molar-refractivity contribution < 1.29 is 9.90 Å². The van der Waals surface area contributed by atoms with Gasteiger partial charge in [0.2, 0.25) is 0 Å². The quantitative estimate of drug-likeness (QED) is 0.114. The molecule has 0 bridgehead atoms. The number of nitrogens with one attached hydrogen (secondary N) is 3. The summed E-state index contributed by atoms with van der Waals surface area (Å²) in [5.74, 6) is -0.603. The van der Waals surface area contributed by atoms with Gasteiger partial charge in [-0.05, 0) is 24.6 Å². The molecule has 0 radical (unpaired) electrons. The molecule has 9 nitrogen and oxygen atoms in total. The number of carbonyl (C=O) groups is 1. The first-order valence-electron chi connectivity index (χ1n) is 10.8. The molecule has 0 unspecified atom stereocenters. The van der Waals surface area contributed by atoms with Crippen LogP contribution in [0, 0.1) is 23.7 Å². The van der Waals surface area contributed by atoms with Crippen molar-refractivity contribution in [3.05, 3.63) is 60.2 Å². The van der Waals surface area contributed by atoms with Crippen molar-refractivity contribution in [2.45, 2.75) is 20.8 Å². The number of nitrogens with zero attached hydrogens (tertiary/aromatic N) is 3. The Labute approximate surface area is 208 Å². The summed E-state index contributed by atoms with van der Waals surface area (Å²) in [7, 11) is 3.18. The van der Waals surface area contributed by atoms with E-state index in [9.17, 15) is 9.90 Å². The van der Waals surface area contributed by atoms with Crippen molar-refractivity contribution in [3.8, 4) is 18.6 Å². The van der Waals surface area contributed by atoms with E-state index in [0.29, 0.717) is 5.69 Å². The highest BCUT2D eigenvalue weighted by Crippen LogP contribution is 2.28.